The molecule has 134 valence electrons. The van der Waals surface area contributed by atoms with Crippen molar-refractivity contribution in [3.8, 4) is 11.8 Å². The standard InChI is InChI=1S/C22H19N3O2/c1-16-21(17(2)25(24-16)20-9-4-3-5-10-20)11-12-22(26)27-15-19-8-6-7-18(13-19)14-23/h3-13H,15H2,1-2H3/b12-11+. The van der Waals surface area contributed by atoms with Crippen LogP contribution < -0.4 is 0 Å². The van der Waals surface area contributed by atoms with Crippen molar-refractivity contribution in [1.29, 1.82) is 5.26 Å². The van der Waals surface area contributed by atoms with E-state index in [4.69, 9.17) is 10.00 Å². The number of hydrogen-bond acceptors (Lipinski definition) is 4. The van der Waals surface area contributed by atoms with Crippen LogP contribution in [0.4, 0.5) is 0 Å². The van der Waals surface area contributed by atoms with Crippen LogP contribution in [0, 0.1) is 25.2 Å². The number of aryl methyl sites for hydroxylation is 1. The number of aromatic nitrogens is 2. The first kappa shape index (κ1) is 18.2. The fourth-order valence-corrected chi connectivity index (χ4v) is 2.80. The van der Waals surface area contributed by atoms with Crippen LogP contribution in [0.1, 0.15) is 28.1 Å². The number of nitrogens with zero attached hydrogens (tertiary/aromatic N) is 3. The van der Waals surface area contributed by atoms with Gasteiger partial charge in [-0.25, -0.2) is 9.48 Å². The molecule has 1 heterocycles. The van der Waals surface area contributed by atoms with E-state index >= 15 is 0 Å². The lowest BCUT2D eigenvalue weighted by Crippen LogP contribution is -2.01. The van der Waals surface area contributed by atoms with Crippen LogP contribution in [0.2, 0.25) is 0 Å². The first-order chi connectivity index (χ1) is 13.1. The fourth-order valence-electron chi connectivity index (χ4n) is 2.80. The zero-order chi connectivity index (χ0) is 19.2. The van der Waals surface area contributed by atoms with Crippen LogP contribution in [0.25, 0.3) is 11.8 Å². The number of benzene rings is 2. The van der Waals surface area contributed by atoms with E-state index in [2.05, 4.69) is 11.2 Å². The van der Waals surface area contributed by atoms with Crippen LogP contribution in [0.5, 0.6) is 0 Å². The number of ether oxygens (including phenoxy) is 1. The Kier molecular flexibility index (Phi) is 5.48. The Balaban J connectivity index is 1.69. The summed E-state index contributed by atoms with van der Waals surface area (Å²) in [5.74, 6) is -0.441. The maximum absolute atomic E-state index is 12.0. The summed E-state index contributed by atoms with van der Waals surface area (Å²) < 4.78 is 7.11. The first-order valence-electron chi connectivity index (χ1n) is 8.54. The highest BCUT2D eigenvalue weighted by Crippen LogP contribution is 2.19. The number of esters is 1. The molecule has 0 aliphatic rings. The minimum atomic E-state index is -0.441. The highest BCUT2D eigenvalue weighted by atomic mass is 16.5. The van der Waals surface area contributed by atoms with E-state index in [1.165, 1.54) is 6.08 Å². The Bertz CT molecular complexity index is 1030. The molecule has 0 aliphatic carbocycles. The number of carbonyl (C=O) groups excluding carboxylic acids is 1. The molecule has 0 fully saturated rings. The molecular weight excluding hydrogens is 338 g/mol. The van der Waals surface area contributed by atoms with Gasteiger partial charge in [0.1, 0.15) is 6.61 Å². The summed E-state index contributed by atoms with van der Waals surface area (Å²) in [5.41, 5.74) is 4.96. The third kappa shape index (κ3) is 4.31. The summed E-state index contributed by atoms with van der Waals surface area (Å²) >= 11 is 0. The summed E-state index contributed by atoms with van der Waals surface area (Å²) in [6, 6.07) is 18.9. The molecular formula is C22H19N3O2. The Morgan fingerprint density at radius 2 is 1.96 bits per heavy atom. The van der Waals surface area contributed by atoms with Gasteiger partial charge in [-0.1, -0.05) is 30.3 Å². The van der Waals surface area contributed by atoms with Crippen molar-refractivity contribution in [2.45, 2.75) is 20.5 Å². The van der Waals surface area contributed by atoms with E-state index in [9.17, 15) is 4.79 Å². The summed E-state index contributed by atoms with van der Waals surface area (Å²) in [6.07, 6.45) is 3.13. The molecule has 0 aliphatic heterocycles. The van der Waals surface area contributed by atoms with E-state index in [-0.39, 0.29) is 6.61 Å². The lowest BCUT2D eigenvalue weighted by Gasteiger charge is -2.04. The van der Waals surface area contributed by atoms with Gasteiger partial charge in [-0.2, -0.15) is 10.4 Å². The van der Waals surface area contributed by atoms with Crippen LogP contribution in [-0.2, 0) is 16.1 Å². The van der Waals surface area contributed by atoms with Crippen molar-refractivity contribution in [3.05, 3.63) is 88.8 Å². The molecule has 0 N–H and O–H groups in total. The SMILES string of the molecule is Cc1nn(-c2ccccc2)c(C)c1/C=C/C(=O)OCc1cccc(C#N)c1. The van der Waals surface area contributed by atoms with E-state index in [1.807, 2.05) is 54.9 Å². The topological polar surface area (TPSA) is 67.9 Å². The largest absolute Gasteiger partial charge is 0.458 e. The van der Waals surface area contributed by atoms with Gasteiger partial charge >= 0.3 is 5.97 Å². The van der Waals surface area contributed by atoms with E-state index < -0.39 is 5.97 Å². The van der Waals surface area contributed by atoms with Crippen LogP contribution >= 0.6 is 0 Å². The monoisotopic (exact) mass is 357 g/mol. The minimum Gasteiger partial charge on any atom is -0.458 e. The zero-order valence-corrected chi connectivity index (χ0v) is 15.2. The molecule has 2 aromatic carbocycles. The normalized spacial score (nSPS) is 10.7. The highest BCUT2D eigenvalue weighted by molar-refractivity contribution is 5.87. The molecule has 0 spiro atoms. The van der Waals surface area contributed by atoms with Crippen molar-refractivity contribution < 1.29 is 9.53 Å². The predicted octanol–water partition coefficient (Wildman–Crippen LogP) is 4.12. The lowest BCUT2D eigenvalue weighted by atomic mass is 10.1. The third-order valence-corrected chi connectivity index (χ3v) is 4.17. The van der Waals surface area contributed by atoms with E-state index in [0.717, 1.165) is 28.2 Å². The maximum Gasteiger partial charge on any atom is 0.331 e. The molecule has 0 atom stereocenters. The Morgan fingerprint density at radius 1 is 1.19 bits per heavy atom. The number of para-hydroxylation sites is 1. The second kappa shape index (κ2) is 8.15. The second-order valence-corrected chi connectivity index (χ2v) is 6.09. The Hall–Kier alpha value is -3.65. The molecule has 3 aromatic rings. The van der Waals surface area contributed by atoms with Gasteiger partial charge in [-0.05, 0) is 49.8 Å². The van der Waals surface area contributed by atoms with Crippen molar-refractivity contribution in [2.75, 3.05) is 0 Å². The molecule has 0 unspecified atom stereocenters. The van der Waals surface area contributed by atoms with Crippen LogP contribution in [-0.4, -0.2) is 15.7 Å². The maximum atomic E-state index is 12.0. The van der Waals surface area contributed by atoms with E-state index in [0.29, 0.717) is 5.56 Å². The van der Waals surface area contributed by atoms with Gasteiger partial charge in [0, 0.05) is 17.3 Å². The molecule has 5 heteroatoms. The average Bonchev–Trinajstić information content (AvgIpc) is 2.99. The van der Waals surface area contributed by atoms with Gasteiger partial charge in [-0.3, -0.25) is 0 Å². The quantitative estimate of drug-likeness (QED) is 0.509. The summed E-state index contributed by atoms with van der Waals surface area (Å²) in [4.78, 5) is 12.0. The van der Waals surface area contributed by atoms with Gasteiger partial charge in [-0.15, -0.1) is 0 Å². The van der Waals surface area contributed by atoms with Gasteiger partial charge in [0.25, 0.3) is 0 Å². The molecule has 0 saturated carbocycles. The van der Waals surface area contributed by atoms with Crippen molar-refractivity contribution >= 4 is 12.0 Å². The molecule has 0 saturated heterocycles. The first-order valence-corrected chi connectivity index (χ1v) is 8.54. The predicted molar refractivity (Wildman–Crippen MR) is 103 cm³/mol. The van der Waals surface area contributed by atoms with Crippen molar-refractivity contribution in [3.63, 3.8) is 0 Å². The van der Waals surface area contributed by atoms with Gasteiger partial charge in [0.15, 0.2) is 0 Å². The molecule has 0 amide bonds. The molecule has 27 heavy (non-hydrogen) atoms. The third-order valence-electron chi connectivity index (χ3n) is 4.17. The molecule has 0 radical (unpaired) electrons. The average molecular weight is 357 g/mol. The van der Waals surface area contributed by atoms with Crippen molar-refractivity contribution in [2.24, 2.45) is 0 Å². The van der Waals surface area contributed by atoms with Gasteiger partial charge in [0.2, 0.25) is 0 Å². The molecule has 5 nitrogen and oxygen atoms in total. The number of hydrogen-bond donors (Lipinski definition) is 0. The molecule has 1 aromatic heterocycles. The van der Waals surface area contributed by atoms with Gasteiger partial charge < -0.3 is 4.74 Å². The van der Waals surface area contributed by atoms with Gasteiger partial charge in [0.05, 0.1) is 23.0 Å². The van der Waals surface area contributed by atoms with Crippen molar-refractivity contribution in [1.82, 2.24) is 9.78 Å². The van der Waals surface area contributed by atoms with E-state index in [1.54, 1.807) is 24.3 Å². The number of rotatable bonds is 5. The van der Waals surface area contributed by atoms with Crippen LogP contribution in [0.3, 0.4) is 0 Å². The minimum absolute atomic E-state index is 0.125. The zero-order valence-electron chi connectivity index (χ0n) is 15.2. The summed E-state index contributed by atoms with van der Waals surface area (Å²) in [7, 11) is 0. The highest BCUT2D eigenvalue weighted by Gasteiger charge is 2.11. The second-order valence-electron chi connectivity index (χ2n) is 6.09. The lowest BCUT2D eigenvalue weighted by molar-refractivity contribution is -0.138. The fraction of sp³-hybridized carbons (Fsp3) is 0.136. The van der Waals surface area contributed by atoms with Crippen LogP contribution in [0.15, 0.2) is 60.7 Å². The Labute approximate surface area is 158 Å². The summed E-state index contributed by atoms with van der Waals surface area (Å²) in [6.45, 7) is 4.00. The Morgan fingerprint density at radius 3 is 2.70 bits per heavy atom. The summed E-state index contributed by atoms with van der Waals surface area (Å²) in [5, 5.41) is 13.5. The number of carbonyl (C=O) groups is 1. The smallest absolute Gasteiger partial charge is 0.331 e. The molecule has 3 rings (SSSR count). The molecule has 0 bridgehead atoms. The number of nitriles is 1.